The summed E-state index contributed by atoms with van der Waals surface area (Å²) in [6.45, 7) is 12.9. The smallest absolute Gasteiger partial charge is 0.128 e. The van der Waals surface area contributed by atoms with Crippen LogP contribution < -0.4 is 37.9 Å². The fourth-order valence-corrected chi connectivity index (χ4v) is 16.0. The molecule has 0 saturated carbocycles. The van der Waals surface area contributed by atoms with Gasteiger partial charge in [-0.1, -0.05) is 262 Å². The summed E-state index contributed by atoms with van der Waals surface area (Å²) in [5, 5.41) is 17.6. The van der Waals surface area contributed by atoms with Gasteiger partial charge in [-0.3, -0.25) is 0 Å². The molecule has 4 fully saturated rings. The molecule has 0 aliphatic carbocycles. The van der Waals surface area contributed by atoms with Gasteiger partial charge in [0.2, 0.25) is 0 Å². The van der Waals surface area contributed by atoms with E-state index >= 15 is 0 Å². The minimum absolute atomic E-state index is 0.112. The van der Waals surface area contributed by atoms with Crippen LogP contribution in [0.2, 0.25) is 0 Å². The van der Waals surface area contributed by atoms with Crippen LogP contribution in [0.5, 0.6) is 46.0 Å². The Bertz CT molecular complexity index is 5990. The molecule has 14 nitrogen and oxygen atoms in total. The summed E-state index contributed by atoms with van der Waals surface area (Å²) in [5.41, 5.74) is 7.88. The van der Waals surface area contributed by atoms with Crippen molar-refractivity contribution >= 4 is 86.2 Å². The van der Waals surface area contributed by atoms with Crippen molar-refractivity contribution in [2.24, 2.45) is 0 Å². The van der Waals surface area contributed by atoms with Gasteiger partial charge >= 0.3 is 0 Å². The Hall–Kier alpha value is -12.5. The molecule has 4 aliphatic heterocycles. The number of rotatable bonds is 35. The van der Waals surface area contributed by atoms with Crippen LogP contribution in [0.1, 0.15) is 19.8 Å². The molecule has 4 saturated heterocycles. The van der Waals surface area contributed by atoms with E-state index in [-0.39, 0.29) is 56.9 Å². The number of hydrogen-bond acceptors (Lipinski definition) is 14. The van der Waals surface area contributed by atoms with Gasteiger partial charge in [0.25, 0.3) is 0 Å². The first-order chi connectivity index (χ1) is 58.9. The van der Waals surface area contributed by atoms with Gasteiger partial charge < -0.3 is 66.3 Å². The van der Waals surface area contributed by atoms with Crippen LogP contribution in [0, 0.1) is 0 Å². The number of benzene rings is 16. The Morgan fingerprint density at radius 2 is 0.462 bits per heavy atom. The highest BCUT2D eigenvalue weighted by molar-refractivity contribution is 6.14. The molecule has 4 heterocycles. The standard InChI is InChI=1S/C53H48O7.C52H44O7/c1-2-3-28-54-39(31-57-46-24-20-35-12-4-8-16-42(35)50(46)52-44-18-10-6-14-37(44)22-26-48(52)59-33-40-29-55-40)32-58-47-25-21-36-13-5-9-17-43(36)51(47)53-45-19-11-7-15-38(45)23-27-49(53)60-34-41-30-56-41;1-2-27-53-38(30-56-45-23-19-34-11-3-7-15-41(34)49(45)51-43-17-9-5-13-36(43)21-25-47(51)58-32-39-28-54-39)31-57-46-24-20-35-12-4-8-16-42(35)50(46)52-44-18-10-6-14-37(44)22-26-48(52)59-33-40-29-55-40/h4-27,39-41H,2-3,28-34H2,1H3;2-26,38-40H,1,27-33H2. The summed E-state index contributed by atoms with van der Waals surface area (Å²) < 4.78 is 88.6. The zero-order chi connectivity index (χ0) is 79.8. The molecule has 4 atom stereocenters. The topological polar surface area (TPSA) is 142 Å². The van der Waals surface area contributed by atoms with Gasteiger partial charge in [-0.15, -0.1) is 6.58 Å². The van der Waals surface area contributed by atoms with E-state index in [9.17, 15) is 0 Å². The van der Waals surface area contributed by atoms with Gasteiger partial charge in [-0.05, 0) is 141 Å². The molecular weight excluding hydrogens is 1490 g/mol. The predicted octanol–water partition coefficient (Wildman–Crippen LogP) is 23.0. The Balaban J connectivity index is 0.000000158. The monoisotopic (exact) mass is 1580 g/mol. The van der Waals surface area contributed by atoms with Gasteiger partial charge in [-0.25, -0.2) is 0 Å². The fraction of sp³-hybridized carbons (Fsp3) is 0.219. The first-order valence-corrected chi connectivity index (χ1v) is 41.4. The van der Waals surface area contributed by atoms with Gasteiger partial charge in [0.15, 0.2) is 0 Å². The van der Waals surface area contributed by atoms with Crippen LogP contribution >= 0.6 is 0 Å². The normalized spacial score (nSPS) is 16.3. The lowest BCUT2D eigenvalue weighted by Crippen LogP contribution is -2.29. The van der Waals surface area contributed by atoms with Crippen molar-refractivity contribution in [1.82, 2.24) is 0 Å². The van der Waals surface area contributed by atoms with Crippen LogP contribution in [-0.2, 0) is 28.4 Å². The zero-order valence-electron chi connectivity index (χ0n) is 66.5. The quantitative estimate of drug-likeness (QED) is 0.0211. The van der Waals surface area contributed by atoms with E-state index in [0.29, 0.717) is 52.9 Å². The maximum absolute atomic E-state index is 6.93. The summed E-state index contributed by atoms with van der Waals surface area (Å²) in [6, 6.07) is 101. The molecule has 0 radical (unpaired) electrons. The maximum atomic E-state index is 6.93. The Labute approximate surface area is 691 Å². The zero-order valence-corrected chi connectivity index (χ0v) is 66.5. The van der Waals surface area contributed by atoms with E-state index in [1.165, 1.54) is 0 Å². The van der Waals surface area contributed by atoms with E-state index in [0.717, 1.165) is 203 Å². The molecule has 4 unspecified atom stereocenters. The minimum atomic E-state index is -0.447. The van der Waals surface area contributed by atoms with Crippen LogP contribution in [0.15, 0.2) is 304 Å². The Morgan fingerprint density at radius 3 is 0.655 bits per heavy atom. The molecule has 0 bridgehead atoms. The number of epoxide rings is 4. The lowest BCUT2D eigenvalue weighted by atomic mass is 9.92. The maximum Gasteiger partial charge on any atom is 0.128 e. The molecule has 16 aromatic carbocycles. The molecule has 4 aliphatic rings. The Kier molecular flexibility index (Phi) is 22.7. The highest BCUT2D eigenvalue weighted by Crippen LogP contribution is 2.51. The van der Waals surface area contributed by atoms with Crippen molar-refractivity contribution in [3.63, 3.8) is 0 Å². The predicted molar refractivity (Wildman–Crippen MR) is 475 cm³/mol. The fourth-order valence-electron chi connectivity index (χ4n) is 16.0. The third-order valence-electron chi connectivity index (χ3n) is 22.4. The lowest BCUT2D eigenvalue weighted by Gasteiger charge is -2.24. The summed E-state index contributed by atoms with van der Waals surface area (Å²) >= 11 is 0. The largest absolute Gasteiger partial charge is 0.490 e. The minimum Gasteiger partial charge on any atom is -0.490 e. The molecular formula is C105H92O14. The number of unbranched alkanes of at least 4 members (excludes halogenated alkanes) is 1. The van der Waals surface area contributed by atoms with Crippen molar-refractivity contribution in [3.05, 3.63) is 304 Å². The first-order valence-electron chi connectivity index (χ1n) is 41.4. The molecule has 596 valence electrons. The average molecular weight is 1580 g/mol. The molecule has 0 aromatic heterocycles. The van der Waals surface area contributed by atoms with Crippen molar-refractivity contribution in [1.29, 1.82) is 0 Å². The van der Waals surface area contributed by atoms with Crippen molar-refractivity contribution < 1.29 is 66.3 Å². The van der Waals surface area contributed by atoms with Gasteiger partial charge in [0.1, 0.15) is 135 Å². The van der Waals surface area contributed by atoms with Crippen LogP contribution in [0.25, 0.3) is 131 Å². The van der Waals surface area contributed by atoms with Crippen molar-refractivity contribution in [3.8, 4) is 90.5 Å². The molecule has 16 aromatic rings. The van der Waals surface area contributed by atoms with Crippen LogP contribution in [-0.4, -0.2) is 129 Å². The second-order valence-electron chi connectivity index (χ2n) is 30.7. The van der Waals surface area contributed by atoms with E-state index in [1.807, 2.05) is 0 Å². The third kappa shape index (κ3) is 17.2. The van der Waals surface area contributed by atoms with Crippen LogP contribution in [0.3, 0.4) is 0 Å². The molecule has 119 heavy (non-hydrogen) atoms. The SMILES string of the molecule is C=CCOC(COc1ccc2ccccc2c1-c1c(OCC2CO2)ccc2ccccc12)COc1ccc2ccccc2c1-c1c(OCC2CO2)ccc2ccccc12.CCCCOC(COc1ccc2ccccc2c1-c1c(OCC2CO2)ccc2ccccc12)COc1ccc2ccccc2c1-c1c(OCC2CO2)ccc2ccccc12. The number of fused-ring (bicyclic) bond motifs is 8. The number of hydrogen-bond donors (Lipinski definition) is 0. The summed E-state index contributed by atoms with van der Waals surface area (Å²) in [5.74, 6) is 6.13. The molecule has 20 rings (SSSR count). The van der Waals surface area contributed by atoms with Crippen molar-refractivity contribution in [2.45, 2.75) is 56.4 Å². The molecule has 14 heteroatoms. The lowest BCUT2D eigenvalue weighted by molar-refractivity contribution is -0.00808. The highest BCUT2D eigenvalue weighted by Gasteiger charge is 2.32. The van der Waals surface area contributed by atoms with Gasteiger partial charge in [-0.2, -0.15) is 0 Å². The summed E-state index contributed by atoms with van der Waals surface area (Å²) in [6.07, 6.45) is 3.34. The second kappa shape index (κ2) is 35.4. The van der Waals surface area contributed by atoms with Crippen molar-refractivity contribution in [2.75, 3.05) is 92.5 Å². The molecule has 0 spiro atoms. The third-order valence-corrected chi connectivity index (χ3v) is 22.4. The second-order valence-corrected chi connectivity index (χ2v) is 30.7. The first kappa shape index (κ1) is 76.5. The number of ether oxygens (including phenoxy) is 14. The van der Waals surface area contributed by atoms with E-state index in [1.54, 1.807) is 6.08 Å². The van der Waals surface area contributed by atoms with E-state index in [2.05, 4.69) is 305 Å². The average Bonchev–Trinajstić information content (AvgIpc) is 1.46. The molecule has 0 amide bonds. The summed E-state index contributed by atoms with van der Waals surface area (Å²) in [4.78, 5) is 0. The van der Waals surface area contributed by atoms with E-state index in [4.69, 9.17) is 66.3 Å². The molecule has 0 N–H and O–H groups in total. The van der Waals surface area contributed by atoms with Crippen LogP contribution in [0.4, 0.5) is 0 Å². The van der Waals surface area contributed by atoms with Gasteiger partial charge in [0, 0.05) is 51.1 Å². The van der Waals surface area contributed by atoms with Gasteiger partial charge in [0.05, 0.1) is 33.0 Å². The Morgan fingerprint density at radius 1 is 0.269 bits per heavy atom. The van der Waals surface area contributed by atoms with E-state index < -0.39 is 6.10 Å². The highest BCUT2D eigenvalue weighted by atomic mass is 16.6. The summed E-state index contributed by atoms with van der Waals surface area (Å²) in [7, 11) is 0.